The zero-order valence-corrected chi connectivity index (χ0v) is 21.1. The molecular formula is C24H52IN. The average molecular weight is 482 g/mol. The summed E-state index contributed by atoms with van der Waals surface area (Å²) in [7, 11) is 0. The van der Waals surface area contributed by atoms with Crippen molar-refractivity contribution in [2.75, 3.05) is 26.2 Å². The first-order valence-electron chi connectivity index (χ1n) is 12.1. The zero-order chi connectivity index (χ0) is 18.6. The van der Waals surface area contributed by atoms with Gasteiger partial charge in [0.2, 0.25) is 0 Å². The van der Waals surface area contributed by atoms with E-state index in [1.807, 2.05) is 0 Å². The topological polar surface area (TPSA) is 0 Å². The van der Waals surface area contributed by atoms with Crippen LogP contribution >= 0.6 is 0 Å². The quantitative estimate of drug-likeness (QED) is 0.129. The maximum Gasteiger partial charge on any atom is 0.0786 e. The van der Waals surface area contributed by atoms with Crippen molar-refractivity contribution in [2.24, 2.45) is 0 Å². The van der Waals surface area contributed by atoms with Crippen molar-refractivity contribution in [1.29, 1.82) is 0 Å². The van der Waals surface area contributed by atoms with E-state index in [1.54, 1.807) is 0 Å². The summed E-state index contributed by atoms with van der Waals surface area (Å²) in [5, 5.41) is 0. The van der Waals surface area contributed by atoms with Gasteiger partial charge in [0.1, 0.15) is 0 Å². The van der Waals surface area contributed by atoms with Crippen LogP contribution in [0.1, 0.15) is 130 Å². The second-order valence-corrected chi connectivity index (χ2v) is 8.48. The first-order valence-corrected chi connectivity index (χ1v) is 12.1. The smallest absolute Gasteiger partial charge is 0.0786 e. The van der Waals surface area contributed by atoms with Crippen LogP contribution in [0.15, 0.2) is 0 Å². The van der Waals surface area contributed by atoms with Gasteiger partial charge >= 0.3 is 0 Å². The molecule has 160 valence electrons. The van der Waals surface area contributed by atoms with E-state index < -0.39 is 0 Å². The molecule has 0 saturated heterocycles. The van der Waals surface area contributed by atoms with Gasteiger partial charge in [0.05, 0.1) is 26.2 Å². The third-order valence-electron chi connectivity index (χ3n) is 5.94. The van der Waals surface area contributed by atoms with Crippen molar-refractivity contribution in [2.45, 2.75) is 130 Å². The van der Waals surface area contributed by atoms with E-state index in [4.69, 9.17) is 0 Å². The molecule has 0 radical (unpaired) electrons. The highest BCUT2D eigenvalue weighted by molar-refractivity contribution is 4.52. The van der Waals surface area contributed by atoms with Gasteiger partial charge in [-0.1, -0.05) is 98.3 Å². The van der Waals surface area contributed by atoms with E-state index in [1.165, 1.54) is 133 Å². The first kappa shape index (κ1) is 28.9. The highest BCUT2D eigenvalue weighted by atomic mass is 127. The lowest BCUT2D eigenvalue weighted by molar-refractivity contribution is -0.929. The Hall–Kier alpha value is 0.690. The van der Waals surface area contributed by atoms with E-state index >= 15 is 0 Å². The number of hydrogen-bond donors (Lipinski definition) is 0. The van der Waals surface area contributed by atoms with E-state index in [-0.39, 0.29) is 24.0 Å². The molecule has 2 heteroatoms. The molecular weight excluding hydrogens is 429 g/mol. The Morgan fingerprint density at radius 2 is 0.615 bits per heavy atom. The fraction of sp³-hybridized carbons (Fsp3) is 1.00. The van der Waals surface area contributed by atoms with Crippen LogP contribution in [0.5, 0.6) is 0 Å². The Kier molecular flexibility index (Phi) is 24.4. The lowest BCUT2D eigenvalue weighted by Gasteiger charge is -2.39. The minimum atomic E-state index is 0. The van der Waals surface area contributed by atoms with E-state index in [0.29, 0.717) is 0 Å². The Bertz CT molecular complexity index is 233. The molecule has 0 aromatic carbocycles. The van der Waals surface area contributed by atoms with Crippen LogP contribution in [-0.4, -0.2) is 30.7 Å². The minimum Gasteiger partial charge on any atom is -1.00 e. The fourth-order valence-corrected chi connectivity index (χ4v) is 4.09. The summed E-state index contributed by atoms with van der Waals surface area (Å²) in [5.41, 5.74) is 0. The molecule has 26 heavy (non-hydrogen) atoms. The van der Waals surface area contributed by atoms with Gasteiger partial charge in [0.15, 0.2) is 0 Å². The molecule has 0 aromatic rings. The summed E-state index contributed by atoms with van der Waals surface area (Å²) in [6.45, 7) is 15.1. The Morgan fingerprint density at radius 3 is 0.962 bits per heavy atom. The van der Waals surface area contributed by atoms with E-state index in [2.05, 4.69) is 27.7 Å². The lowest BCUT2D eigenvalue weighted by atomic mass is 10.1. The number of quaternary nitrogens is 1. The van der Waals surface area contributed by atoms with Gasteiger partial charge in [0.25, 0.3) is 0 Å². The summed E-state index contributed by atoms with van der Waals surface area (Å²) in [6.07, 6.45) is 22.9. The van der Waals surface area contributed by atoms with Crippen LogP contribution in [-0.2, 0) is 0 Å². The Labute approximate surface area is 184 Å². The minimum absolute atomic E-state index is 0. The standard InChI is InChI=1S/C24H52N.HI/c1-5-9-13-14-15-16-17-18-19-20-24-25(21-10-6-2,22-11-7-3)23-12-8-4;/h5-24H2,1-4H3;1H/q+1;/p-1. The van der Waals surface area contributed by atoms with Crippen molar-refractivity contribution in [3.63, 3.8) is 0 Å². The molecule has 0 aromatic heterocycles. The molecule has 1 nitrogen and oxygen atoms in total. The fourth-order valence-electron chi connectivity index (χ4n) is 4.09. The predicted octanol–water partition coefficient (Wildman–Crippen LogP) is 5.13. The van der Waals surface area contributed by atoms with Gasteiger partial charge in [-0.3, -0.25) is 0 Å². The third-order valence-corrected chi connectivity index (χ3v) is 5.94. The Balaban J connectivity index is 0. The molecule has 0 fully saturated rings. The summed E-state index contributed by atoms with van der Waals surface area (Å²) in [6, 6.07) is 0. The highest BCUT2D eigenvalue weighted by Gasteiger charge is 2.24. The first-order chi connectivity index (χ1) is 12.2. The van der Waals surface area contributed by atoms with Crippen molar-refractivity contribution >= 4 is 0 Å². The largest absolute Gasteiger partial charge is 1.00 e. The molecule has 0 aliphatic heterocycles. The number of rotatable bonds is 20. The van der Waals surface area contributed by atoms with Crippen LogP contribution in [0.2, 0.25) is 0 Å². The van der Waals surface area contributed by atoms with Crippen molar-refractivity contribution < 1.29 is 28.5 Å². The molecule has 0 rings (SSSR count). The number of hydrogen-bond acceptors (Lipinski definition) is 0. The molecule has 0 unspecified atom stereocenters. The molecule has 0 amide bonds. The van der Waals surface area contributed by atoms with Crippen molar-refractivity contribution in [3.8, 4) is 0 Å². The van der Waals surface area contributed by atoms with Crippen molar-refractivity contribution in [3.05, 3.63) is 0 Å². The summed E-state index contributed by atoms with van der Waals surface area (Å²) < 4.78 is 1.44. The SMILES string of the molecule is CCCCCCCCCCCC[N+](CCCC)(CCCC)CCCC.[I-]. The number of halogens is 1. The van der Waals surface area contributed by atoms with Crippen LogP contribution in [0, 0.1) is 0 Å². The maximum atomic E-state index is 2.36. The second-order valence-electron chi connectivity index (χ2n) is 8.48. The van der Waals surface area contributed by atoms with Crippen LogP contribution < -0.4 is 24.0 Å². The van der Waals surface area contributed by atoms with Crippen LogP contribution in [0.4, 0.5) is 0 Å². The molecule has 0 saturated carbocycles. The number of nitrogens with zero attached hydrogens (tertiary/aromatic N) is 1. The molecule has 0 atom stereocenters. The molecule has 0 bridgehead atoms. The predicted molar refractivity (Wildman–Crippen MR) is 116 cm³/mol. The summed E-state index contributed by atoms with van der Waals surface area (Å²) in [5.74, 6) is 0. The molecule has 0 aliphatic carbocycles. The van der Waals surface area contributed by atoms with Crippen LogP contribution in [0.25, 0.3) is 0 Å². The van der Waals surface area contributed by atoms with Gasteiger partial charge < -0.3 is 28.5 Å². The third kappa shape index (κ3) is 16.8. The van der Waals surface area contributed by atoms with Gasteiger partial charge in [-0.05, 0) is 32.1 Å². The zero-order valence-electron chi connectivity index (χ0n) is 19.0. The lowest BCUT2D eigenvalue weighted by Crippen LogP contribution is -3.00. The van der Waals surface area contributed by atoms with E-state index in [9.17, 15) is 0 Å². The van der Waals surface area contributed by atoms with Gasteiger partial charge in [-0.2, -0.15) is 0 Å². The van der Waals surface area contributed by atoms with Crippen molar-refractivity contribution in [1.82, 2.24) is 0 Å². The normalized spacial score (nSPS) is 11.5. The van der Waals surface area contributed by atoms with Gasteiger partial charge in [0, 0.05) is 0 Å². The molecule has 0 N–H and O–H groups in total. The van der Waals surface area contributed by atoms with Gasteiger partial charge in [-0.25, -0.2) is 0 Å². The van der Waals surface area contributed by atoms with Gasteiger partial charge in [-0.15, -0.1) is 0 Å². The number of unbranched alkanes of at least 4 members (excludes halogenated alkanes) is 12. The second kappa shape index (κ2) is 22.0. The summed E-state index contributed by atoms with van der Waals surface area (Å²) in [4.78, 5) is 0. The highest BCUT2D eigenvalue weighted by Crippen LogP contribution is 2.18. The Morgan fingerprint density at radius 1 is 0.346 bits per heavy atom. The van der Waals surface area contributed by atoms with Crippen LogP contribution in [0.3, 0.4) is 0 Å². The summed E-state index contributed by atoms with van der Waals surface area (Å²) >= 11 is 0. The maximum absolute atomic E-state index is 2.36. The average Bonchev–Trinajstić information content (AvgIpc) is 2.64. The molecule has 0 heterocycles. The monoisotopic (exact) mass is 481 g/mol. The van der Waals surface area contributed by atoms with E-state index in [0.717, 1.165) is 0 Å². The molecule has 0 spiro atoms. The molecule has 0 aliphatic rings.